The van der Waals surface area contributed by atoms with Gasteiger partial charge in [-0.1, -0.05) is 13.0 Å². The first kappa shape index (κ1) is 14.2. The Hall–Kier alpha value is -0.190. The highest BCUT2D eigenvalue weighted by molar-refractivity contribution is 9.10. The van der Waals surface area contributed by atoms with Crippen LogP contribution in [0.3, 0.4) is 0 Å². The Morgan fingerprint density at radius 2 is 2.17 bits per heavy atom. The lowest BCUT2D eigenvalue weighted by Crippen LogP contribution is -2.44. The Balaban J connectivity index is 2.27. The first-order valence-electron chi connectivity index (χ1n) is 6.44. The summed E-state index contributed by atoms with van der Waals surface area (Å²) >= 11 is 5.76. The molecule has 1 aromatic rings. The molecule has 0 radical (unpaired) electrons. The summed E-state index contributed by atoms with van der Waals surface area (Å²) in [5.41, 5.74) is 8.39. The van der Waals surface area contributed by atoms with Gasteiger partial charge in [-0.2, -0.15) is 11.8 Å². The second-order valence-corrected chi connectivity index (χ2v) is 7.35. The maximum absolute atomic E-state index is 5.92. The quantitative estimate of drug-likeness (QED) is 0.895. The number of nitrogens with zero attached hydrogens (tertiary/aromatic N) is 1. The van der Waals surface area contributed by atoms with Crippen molar-refractivity contribution in [1.82, 2.24) is 0 Å². The van der Waals surface area contributed by atoms with Crippen LogP contribution in [0.5, 0.6) is 0 Å². The number of hydrogen-bond donors (Lipinski definition) is 1. The Kier molecular flexibility index (Phi) is 4.62. The van der Waals surface area contributed by atoms with E-state index in [1.165, 1.54) is 17.0 Å². The summed E-state index contributed by atoms with van der Waals surface area (Å²) in [6, 6.07) is 7.15. The summed E-state index contributed by atoms with van der Waals surface area (Å²) in [4.78, 5) is 2.50. The van der Waals surface area contributed by atoms with E-state index in [0.717, 1.165) is 11.0 Å². The lowest BCUT2D eigenvalue weighted by atomic mass is 10.1. The molecule has 100 valence electrons. The SMILES string of the molecule is CC1SCCN(c2ccc([C@@H](C)N)cc2Br)C1C. The van der Waals surface area contributed by atoms with Crippen LogP contribution < -0.4 is 10.6 Å². The fraction of sp³-hybridized carbons (Fsp3) is 0.571. The van der Waals surface area contributed by atoms with Crippen molar-refractivity contribution in [3.05, 3.63) is 28.2 Å². The lowest BCUT2D eigenvalue weighted by Gasteiger charge is -2.39. The summed E-state index contributed by atoms with van der Waals surface area (Å²) in [5, 5.41) is 0.679. The van der Waals surface area contributed by atoms with Crippen molar-refractivity contribution in [1.29, 1.82) is 0 Å². The van der Waals surface area contributed by atoms with Crippen molar-refractivity contribution in [2.75, 3.05) is 17.2 Å². The van der Waals surface area contributed by atoms with E-state index in [-0.39, 0.29) is 6.04 Å². The summed E-state index contributed by atoms with van der Waals surface area (Å²) in [6.45, 7) is 7.75. The highest BCUT2D eigenvalue weighted by atomic mass is 79.9. The first-order valence-corrected chi connectivity index (χ1v) is 8.28. The smallest absolute Gasteiger partial charge is 0.0513 e. The van der Waals surface area contributed by atoms with E-state index in [1.807, 2.05) is 6.92 Å². The Morgan fingerprint density at radius 3 is 2.78 bits per heavy atom. The molecule has 0 spiro atoms. The average molecular weight is 329 g/mol. The van der Waals surface area contributed by atoms with Gasteiger partial charge >= 0.3 is 0 Å². The van der Waals surface area contributed by atoms with Gasteiger partial charge in [-0.15, -0.1) is 0 Å². The second kappa shape index (κ2) is 5.85. The fourth-order valence-corrected chi connectivity index (χ4v) is 4.04. The molecule has 0 aromatic heterocycles. The van der Waals surface area contributed by atoms with Crippen molar-refractivity contribution in [2.45, 2.75) is 38.1 Å². The van der Waals surface area contributed by atoms with Crippen molar-refractivity contribution in [3.63, 3.8) is 0 Å². The minimum absolute atomic E-state index is 0.0867. The van der Waals surface area contributed by atoms with Gasteiger partial charge in [-0.05, 0) is 47.5 Å². The highest BCUT2D eigenvalue weighted by Gasteiger charge is 2.26. The number of halogens is 1. The zero-order valence-corrected chi connectivity index (χ0v) is 13.6. The molecule has 4 heteroatoms. The standard InChI is InChI=1S/C14H21BrN2S/c1-9(16)12-4-5-14(13(15)8-12)17-6-7-18-11(3)10(17)2/h4-5,8-11H,6-7,16H2,1-3H3/t9-,10?,11?/m1/s1. The van der Waals surface area contributed by atoms with Crippen LogP contribution >= 0.6 is 27.7 Å². The minimum atomic E-state index is 0.0867. The molecule has 3 atom stereocenters. The number of anilines is 1. The van der Waals surface area contributed by atoms with Gasteiger partial charge in [0, 0.05) is 34.1 Å². The molecular weight excluding hydrogens is 308 g/mol. The molecule has 1 aliphatic rings. The maximum atomic E-state index is 5.92. The second-order valence-electron chi connectivity index (χ2n) is 5.01. The maximum Gasteiger partial charge on any atom is 0.0513 e. The number of nitrogens with two attached hydrogens (primary N) is 1. The molecule has 0 amide bonds. The molecule has 1 heterocycles. The van der Waals surface area contributed by atoms with Crippen molar-refractivity contribution < 1.29 is 0 Å². The third-order valence-electron chi connectivity index (χ3n) is 3.69. The minimum Gasteiger partial charge on any atom is -0.366 e. The Labute approximate surface area is 122 Å². The van der Waals surface area contributed by atoms with Gasteiger partial charge in [-0.25, -0.2) is 0 Å². The molecule has 2 rings (SSSR count). The molecule has 18 heavy (non-hydrogen) atoms. The predicted molar refractivity (Wildman–Crippen MR) is 85.5 cm³/mol. The van der Waals surface area contributed by atoms with Crippen molar-refractivity contribution >= 4 is 33.4 Å². The van der Waals surface area contributed by atoms with Gasteiger partial charge in [0.05, 0.1) is 5.69 Å². The molecule has 1 aliphatic heterocycles. The van der Waals surface area contributed by atoms with E-state index in [9.17, 15) is 0 Å². The van der Waals surface area contributed by atoms with Crippen LogP contribution in [0, 0.1) is 0 Å². The Morgan fingerprint density at radius 1 is 1.44 bits per heavy atom. The van der Waals surface area contributed by atoms with Gasteiger partial charge in [0.2, 0.25) is 0 Å². The van der Waals surface area contributed by atoms with Gasteiger partial charge < -0.3 is 10.6 Å². The van der Waals surface area contributed by atoms with E-state index in [1.54, 1.807) is 0 Å². The third-order valence-corrected chi connectivity index (χ3v) is 5.66. The van der Waals surface area contributed by atoms with Crippen molar-refractivity contribution in [2.24, 2.45) is 5.73 Å². The van der Waals surface area contributed by atoms with Gasteiger partial charge in [-0.3, -0.25) is 0 Å². The van der Waals surface area contributed by atoms with Crippen LogP contribution in [0.4, 0.5) is 5.69 Å². The number of benzene rings is 1. The third kappa shape index (κ3) is 2.86. The van der Waals surface area contributed by atoms with Gasteiger partial charge in [0.1, 0.15) is 0 Å². The van der Waals surface area contributed by atoms with E-state index >= 15 is 0 Å². The number of thioether (sulfide) groups is 1. The molecule has 2 N–H and O–H groups in total. The van der Waals surface area contributed by atoms with Crippen LogP contribution in [0.1, 0.15) is 32.4 Å². The monoisotopic (exact) mass is 328 g/mol. The number of rotatable bonds is 2. The van der Waals surface area contributed by atoms with Gasteiger partial charge in [0.25, 0.3) is 0 Å². The summed E-state index contributed by atoms with van der Waals surface area (Å²) in [6.07, 6.45) is 0. The van der Waals surface area contributed by atoms with E-state index in [2.05, 4.69) is 64.6 Å². The number of hydrogen-bond acceptors (Lipinski definition) is 3. The van der Waals surface area contributed by atoms with E-state index in [0.29, 0.717) is 11.3 Å². The normalized spacial score (nSPS) is 26.2. The molecule has 1 aromatic carbocycles. The zero-order valence-electron chi connectivity index (χ0n) is 11.2. The highest BCUT2D eigenvalue weighted by Crippen LogP contribution is 2.34. The summed E-state index contributed by atoms with van der Waals surface area (Å²) in [5.74, 6) is 1.20. The van der Waals surface area contributed by atoms with Crippen LogP contribution in [0.15, 0.2) is 22.7 Å². The molecule has 2 nitrogen and oxygen atoms in total. The molecule has 1 fully saturated rings. The topological polar surface area (TPSA) is 29.3 Å². The molecular formula is C14H21BrN2S. The molecule has 0 aliphatic carbocycles. The lowest BCUT2D eigenvalue weighted by molar-refractivity contribution is 0.626. The van der Waals surface area contributed by atoms with Crippen LogP contribution in [0.25, 0.3) is 0 Å². The predicted octanol–water partition coefficient (Wildman–Crippen LogP) is 3.80. The van der Waals surface area contributed by atoms with E-state index in [4.69, 9.17) is 5.73 Å². The van der Waals surface area contributed by atoms with E-state index < -0.39 is 0 Å². The summed E-state index contributed by atoms with van der Waals surface area (Å²) in [7, 11) is 0. The van der Waals surface area contributed by atoms with Crippen molar-refractivity contribution in [3.8, 4) is 0 Å². The van der Waals surface area contributed by atoms with Crippen LogP contribution in [0.2, 0.25) is 0 Å². The Bertz CT molecular complexity index is 422. The fourth-order valence-electron chi connectivity index (χ4n) is 2.31. The molecule has 2 unspecified atom stereocenters. The molecule has 0 bridgehead atoms. The first-order chi connectivity index (χ1) is 8.50. The van der Waals surface area contributed by atoms with Crippen LogP contribution in [-0.4, -0.2) is 23.6 Å². The zero-order chi connectivity index (χ0) is 13.3. The van der Waals surface area contributed by atoms with Gasteiger partial charge in [0.15, 0.2) is 0 Å². The molecule has 1 saturated heterocycles. The molecule has 0 saturated carbocycles. The summed E-state index contributed by atoms with van der Waals surface area (Å²) < 4.78 is 1.16. The average Bonchev–Trinajstić information content (AvgIpc) is 2.33. The largest absolute Gasteiger partial charge is 0.366 e. The van der Waals surface area contributed by atoms with Crippen LogP contribution in [-0.2, 0) is 0 Å².